The van der Waals surface area contributed by atoms with Crippen molar-refractivity contribution in [1.29, 1.82) is 0 Å². The minimum absolute atomic E-state index is 0.0637. The zero-order valence-electron chi connectivity index (χ0n) is 21.6. The number of nitrogens with zero attached hydrogens (tertiary/aromatic N) is 1. The van der Waals surface area contributed by atoms with Crippen LogP contribution < -0.4 is 16.0 Å². The van der Waals surface area contributed by atoms with Gasteiger partial charge in [0, 0.05) is 50.5 Å². The number of nitrogens with one attached hydrogen (secondary N) is 3. The molecule has 1 fully saturated rings. The first-order valence-electron chi connectivity index (χ1n) is 13.2. The lowest BCUT2D eigenvalue weighted by Gasteiger charge is -2.33. The lowest BCUT2D eigenvalue weighted by Crippen LogP contribution is -2.49. The summed E-state index contributed by atoms with van der Waals surface area (Å²) < 4.78 is 5.22. The fourth-order valence-electron chi connectivity index (χ4n) is 5.66. The molecule has 0 radical (unpaired) electrons. The van der Waals surface area contributed by atoms with Crippen LogP contribution in [0.15, 0.2) is 18.2 Å². The molecule has 3 amide bonds. The second-order valence-corrected chi connectivity index (χ2v) is 10.7. The second-order valence-electron chi connectivity index (χ2n) is 10.3. The standard InChI is InChI=1S/C27H43ClN4O3/c1-29-19-22(17-20-9-5-4-6-10-20)30-26(34)32(2)15-14-27(13-7-8-16-35-3)24-18-21(28)11-12-23(24)25(33)31-27/h11-12,18,20,22,29H,4-10,13-17,19H2,1-3H3,(H,30,34)(H,31,33)/t22?,27-/m1/s1. The fourth-order valence-corrected chi connectivity index (χ4v) is 5.84. The van der Waals surface area contributed by atoms with Crippen LogP contribution in [-0.4, -0.2) is 63.8 Å². The van der Waals surface area contributed by atoms with Crippen LogP contribution in [0.3, 0.4) is 0 Å². The number of unbranched alkanes of at least 4 members (excludes halogenated alkanes) is 1. The number of fused-ring (bicyclic) bond motifs is 1. The number of carbonyl (C=O) groups is 2. The highest BCUT2D eigenvalue weighted by Crippen LogP contribution is 2.39. The van der Waals surface area contributed by atoms with Gasteiger partial charge in [-0.25, -0.2) is 4.79 Å². The highest BCUT2D eigenvalue weighted by molar-refractivity contribution is 6.30. The predicted octanol–water partition coefficient (Wildman–Crippen LogP) is 4.69. The molecule has 1 aliphatic heterocycles. The van der Waals surface area contributed by atoms with Crippen LogP contribution in [-0.2, 0) is 10.3 Å². The minimum atomic E-state index is -0.536. The number of amides is 3. The van der Waals surface area contributed by atoms with Gasteiger partial charge in [0.2, 0.25) is 0 Å². The Labute approximate surface area is 215 Å². The van der Waals surface area contributed by atoms with Gasteiger partial charge in [-0.15, -0.1) is 0 Å². The van der Waals surface area contributed by atoms with Crippen LogP contribution in [0.25, 0.3) is 0 Å². The zero-order valence-corrected chi connectivity index (χ0v) is 22.4. The Morgan fingerprint density at radius 1 is 1.26 bits per heavy atom. The summed E-state index contributed by atoms with van der Waals surface area (Å²) in [5.74, 6) is 0.620. The van der Waals surface area contributed by atoms with E-state index in [2.05, 4.69) is 16.0 Å². The average molecular weight is 507 g/mol. The van der Waals surface area contributed by atoms with Gasteiger partial charge in [-0.3, -0.25) is 4.79 Å². The van der Waals surface area contributed by atoms with E-state index in [1.807, 2.05) is 20.2 Å². The SMILES string of the molecule is CNCC(CC1CCCCC1)NC(=O)N(C)CC[C@@]1(CCCCOC)NC(=O)c2ccc(Cl)cc21. The third-order valence-corrected chi connectivity index (χ3v) is 7.87. The summed E-state index contributed by atoms with van der Waals surface area (Å²) in [6.45, 7) is 1.97. The highest BCUT2D eigenvalue weighted by Gasteiger charge is 2.42. The number of hydrogen-bond acceptors (Lipinski definition) is 4. The molecular formula is C27H43ClN4O3. The first-order chi connectivity index (χ1) is 16.9. The number of ether oxygens (including phenoxy) is 1. The third kappa shape index (κ3) is 7.58. The molecular weight excluding hydrogens is 464 g/mol. The van der Waals surface area contributed by atoms with E-state index in [0.29, 0.717) is 36.1 Å². The van der Waals surface area contributed by atoms with Crippen molar-refractivity contribution < 1.29 is 14.3 Å². The quantitative estimate of drug-likeness (QED) is 0.339. The summed E-state index contributed by atoms with van der Waals surface area (Å²) >= 11 is 6.32. The normalized spacial score (nSPS) is 20.9. The van der Waals surface area contributed by atoms with Crippen LogP contribution in [0, 0.1) is 5.92 Å². The van der Waals surface area contributed by atoms with Crippen molar-refractivity contribution in [1.82, 2.24) is 20.9 Å². The maximum Gasteiger partial charge on any atom is 0.317 e. The number of carbonyl (C=O) groups excluding carboxylic acids is 2. The number of methoxy groups -OCH3 is 1. The van der Waals surface area contributed by atoms with Gasteiger partial charge in [-0.2, -0.15) is 0 Å². The van der Waals surface area contributed by atoms with Crippen molar-refractivity contribution >= 4 is 23.5 Å². The molecule has 3 N–H and O–H groups in total. The van der Waals surface area contributed by atoms with E-state index in [9.17, 15) is 9.59 Å². The van der Waals surface area contributed by atoms with Crippen molar-refractivity contribution in [2.75, 3.05) is 40.9 Å². The number of urea groups is 1. The predicted molar refractivity (Wildman–Crippen MR) is 141 cm³/mol. The van der Waals surface area contributed by atoms with Crippen molar-refractivity contribution in [3.63, 3.8) is 0 Å². The number of halogens is 1. The van der Waals surface area contributed by atoms with Gasteiger partial charge >= 0.3 is 6.03 Å². The van der Waals surface area contributed by atoms with E-state index < -0.39 is 5.54 Å². The maximum atomic E-state index is 13.1. The molecule has 0 bridgehead atoms. The number of benzene rings is 1. The minimum Gasteiger partial charge on any atom is -0.385 e. The van der Waals surface area contributed by atoms with Crippen molar-refractivity contribution in [3.8, 4) is 0 Å². The fraction of sp³-hybridized carbons (Fsp3) is 0.704. The Bertz CT molecular complexity index is 846. The van der Waals surface area contributed by atoms with E-state index >= 15 is 0 Å². The largest absolute Gasteiger partial charge is 0.385 e. The molecule has 2 aliphatic rings. The number of likely N-dealkylation sites (N-methyl/N-ethyl adjacent to an activating group) is 1. The van der Waals surface area contributed by atoms with Gasteiger partial charge in [0.05, 0.1) is 5.54 Å². The van der Waals surface area contributed by atoms with Crippen molar-refractivity contribution in [3.05, 3.63) is 34.3 Å². The molecule has 35 heavy (non-hydrogen) atoms. The average Bonchev–Trinajstić information content (AvgIpc) is 3.12. The van der Waals surface area contributed by atoms with Gasteiger partial charge in [0.15, 0.2) is 0 Å². The molecule has 0 saturated heterocycles. The summed E-state index contributed by atoms with van der Waals surface area (Å²) in [7, 11) is 5.47. The lowest BCUT2D eigenvalue weighted by molar-refractivity contribution is 0.0914. The van der Waals surface area contributed by atoms with Gasteiger partial charge in [0.1, 0.15) is 0 Å². The summed E-state index contributed by atoms with van der Waals surface area (Å²) in [4.78, 5) is 27.6. The van der Waals surface area contributed by atoms with E-state index in [0.717, 1.165) is 37.8 Å². The molecule has 196 valence electrons. The molecule has 1 unspecified atom stereocenters. The van der Waals surface area contributed by atoms with Crippen LogP contribution >= 0.6 is 11.6 Å². The van der Waals surface area contributed by atoms with Crippen molar-refractivity contribution in [2.45, 2.75) is 75.8 Å². The van der Waals surface area contributed by atoms with E-state index in [-0.39, 0.29) is 18.0 Å². The smallest absolute Gasteiger partial charge is 0.317 e. The second kappa shape index (κ2) is 13.5. The Morgan fingerprint density at radius 3 is 2.74 bits per heavy atom. The summed E-state index contributed by atoms with van der Waals surface area (Å²) in [6, 6.07) is 5.51. The summed E-state index contributed by atoms with van der Waals surface area (Å²) in [6.07, 6.45) is 10.7. The molecule has 1 saturated carbocycles. The van der Waals surface area contributed by atoms with Crippen LogP contribution in [0.1, 0.15) is 80.1 Å². The van der Waals surface area contributed by atoms with Crippen molar-refractivity contribution in [2.24, 2.45) is 5.92 Å². The topological polar surface area (TPSA) is 82.7 Å². The molecule has 1 aromatic rings. The molecule has 1 aliphatic carbocycles. The highest BCUT2D eigenvalue weighted by atomic mass is 35.5. The Hall–Kier alpha value is -1.83. The summed E-state index contributed by atoms with van der Waals surface area (Å²) in [5, 5.41) is 10.3. The molecule has 8 heteroatoms. The lowest BCUT2D eigenvalue weighted by atomic mass is 9.82. The van der Waals surface area contributed by atoms with Crippen LogP contribution in [0.4, 0.5) is 4.79 Å². The first-order valence-corrected chi connectivity index (χ1v) is 13.5. The van der Waals surface area contributed by atoms with Gasteiger partial charge in [-0.05, 0) is 68.8 Å². The van der Waals surface area contributed by atoms with Crippen LogP contribution in [0.5, 0.6) is 0 Å². The molecule has 1 heterocycles. The maximum absolute atomic E-state index is 13.1. The van der Waals surface area contributed by atoms with Gasteiger partial charge in [0.25, 0.3) is 5.91 Å². The monoisotopic (exact) mass is 506 g/mol. The van der Waals surface area contributed by atoms with Crippen LogP contribution in [0.2, 0.25) is 5.02 Å². The summed E-state index contributed by atoms with van der Waals surface area (Å²) in [5.41, 5.74) is 1.08. The Morgan fingerprint density at radius 2 is 2.03 bits per heavy atom. The van der Waals surface area contributed by atoms with E-state index in [1.165, 1.54) is 32.1 Å². The zero-order chi connectivity index (χ0) is 25.3. The van der Waals surface area contributed by atoms with Gasteiger partial charge < -0.3 is 25.6 Å². The molecule has 2 atom stereocenters. The number of rotatable bonds is 13. The third-order valence-electron chi connectivity index (χ3n) is 7.64. The van der Waals surface area contributed by atoms with E-state index in [1.54, 1.807) is 24.1 Å². The Kier molecular flexibility index (Phi) is 10.7. The van der Waals surface area contributed by atoms with E-state index in [4.69, 9.17) is 16.3 Å². The van der Waals surface area contributed by atoms with Gasteiger partial charge in [-0.1, -0.05) is 43.7 Å². The first kappa shape index (κ1) is 27.8. The molecule has 1 aromatic carbocycles. The number of hydrogen-bond donors (Lipinski definition) is 3. The molecule has 3 rings (SSSR count). The molecule has 7 nitrogen and oxygen atoms in total. The Balaban J connectivity index is 1.64. The molecule has 0 spiro atoms. The molecule has 0 aromatic heterocycles.